The van der Waals surface area contributed by atoms with Crippen LogP contribution in [0.3, 0.4) is 0 Å². The van der Waals surface area contributed by atoms with E-state index in [2.05, 4.69) is 29.0 Å². The quantitative estimate of drug-likeness (QED) is 0.757. The lowest BCUT2D eigenvalue weighted by atomic mass is 9.92. The molecule has 0 saturated carbocycles. The number of anilines is 1. The minimum Gasteiger partial charge on any atom is -0.461 e. The predicted octanol–water partition coefficient (Wildman–Crippen LogP) is 3.91. The number of ether oxygens (including phenoxy) is 1. The molecule has 2 aromatic rings. The number of nitrogens with one attached hydrogen (secondary N) is 2. The number of nitrogens with zero attached hydrogens (tertiary/aromatic N) is 1. The van der Waals surface area contributed by atoms with Crippen LogP contribution in [0.25, 0.3) is 10.9 Å². The van der Waals surface area contributed by atoms with Crippen LogP contribution in [0.1, 0.15) is 37.7 Å². The van der Waals surface area contributed by atoms with Crippen molar-refractivity contribution in [3.05, 3.63) is 28.9 Å². The van der Waals surface area contributed by atoms with Gasteiger partial charge in [-0.1, -0.05) is 25.4 Å². The largest absolute Gasteiger partial charge is 0.461 e. The molecule has 1 aliphatic rings. The Kier molecular flexibility index (Phi) is 6.07. The number of rotatable bonds is 5. The summed E-state index contributed by atoms with van der Waals surface area (Å²) in [4.78, 5) is 30.2. The molecule has 0 bridgehead atoms. The number of aromatic amines is 1. The highest BCUT2D eigenvalue weighted by Gasteiger charge is 2.25. The molecule has 2 N–H and O–H groups in total. The molecular formula is C20H26ClN3O3. The van der Waals surface area contributed by atoms with E-state index in [1.807, 2.05) is 0 Å². The molecule has 0 aliphatic carbocycles. The number of hydrogen-bond acceptors (Lipinski definition) is 4. The van der Waals surface area contributed by atoms with Crippen molar-refractivity contribution in [2.24, 2.45) is 11.8 Å². The van der Waals surface area contributed by atoms with E-state index in [1.54, 1.807) is 25.1 Å². The van der Waals surface area contributed by atoms with Crippen LogP contribution in [-0.4, -0.2) is 48.0 Å². The summed E-state index contributed by atoms with van der Waals surface area (Å²) in [6.45, 7) is 8.52. The van der Waals surface area contributed by atoms with Gasteiger partial charge in [-0.2, -0.15) is 0 Å². The van der Waals surface area contributed by atoms with Gasteiger partial charge in [-0.05, 0) is 43.4 Å². The van der Waals surface area contributed by atoms with Crippen molar-refractivity contribution in [3.63, 3.8) is 0 Å². The zero-order valence-electron chi connectivity index (χ0n) is 16.0. The third kappa shape index (κ3) is 4.62. The Balaban J connectivity index is 1.83. The Bertz CT molecular complexity index is 838. The van der Waals surface area contributed by atoms with Gasteiger partial charge in [-0.25, -0.2) is 4.79 Å². The summed E-state index contributed by atoms with van der Waals surface area (Å²) >= 11 is 6.11. The van der Waals surface area contributed by atoms with E-state index in [4.69, 9.17) is 16.3 Å². The number of H-pyrrole nitrogens is 1. The Morgan fingerprint density at radius 3 is 2.67 bits per heavy atom. The van der Waals surface area contributed by atoms with Gasteiger partial charge in [0.05, 0.1) is 18.8 Å². The van der Waals surface area contributed by atoms with Gasteiger partial charge in [0.15, 0.2) is 0 Å². The van der Waals surface area contributed by atoms with Crippen LogP contribution in [0.15, 0.2) is 18.2 Å². The average molecular weight is 392 g/mol. The molecule has 6 nitrogen and oxygen atoms in total. The molecule has 1 fully saturated rings. The second kappa shape index (κ2) is 8.31. The molecule has 0 spiro atoms. The number of fused-ring (bicyclic) bond motifs is 1. The number of likely N-dealkylation sites (tertiary alicyclic amines) is 1. The van der Waals surface area contributed by atoms with Crippen molar-refractivity contribution < 1.29 is 14.3 Å². The van der Waals surface area contributed by atoms with Crippen LogP contribution in [-0.2, 0) is 9.53 Å². The van der Waals surface area contributed by atoms with Crippen LogP contribution in [0, 0.1) is 11.8 Å². The summed E-state index contributed by atoms with van der Waals surface area (Å²) in [6.07, 6.45) is 1.19. The molecule has 1 aromatic heterocycles. The van der Waals surface area contributed by atoms with Crippen molar-refractivity contribution in [3.8, 4) is 0 Å². The van der Waals surface area contributed by atoms with Gasteiger partial charge < -0.3 is 15.0 Å². The number of aromatic nitrogens is 1. The summed E-state index contributed by atoms with van der Waals surface area (Å²) in [5.41, 5.74) is 1.38. The standard InChI is InChI=1S/C20H26ClN3O3/c1-4-27-20(26)19-18(15-8-14(21)5-6-16(15)22-19)23-17(25)11-24-9-12(2)7-13(3)10-24/h5-6,8,12-13,22H,4,7,9-11H2,1-3H3,(H,23,25)/t12-,13+. The highest BCUT2D eigenvalue weighted by Crippen LogP contribution is 2.31. The van der Waals surface area contributed by atoms with Crippen molar-refractivity contribution in [1.82, 2.24) is 9.88 Å². The average Bonchev–Trinajstić information content (AvgIpc) is 2.92. The van der Waals surface area contributed by atoms with E-state index in [0.29, 0.717) is 34.5 Å². The van der Waals surface area contributed by atoms with Crippen LogP contribution >= 0.6 is 11.6 Å². The van der Waals surface area contributed by atoms with Crippen LogP contribution < -0.4 is 5.32 Å². The van der Waals surface area contributed by atoms with Crippen LogP contribution in [0.4, 0.5) is 5.69 Å². The van der Waals surface area contributed by atoms with E-state index >= 15 is 0 Å². The number of amides is 1. The minimum absolute atomic E-state index is 0.150. The van der Waals surface area contributed by atoms with Gasteiger partial charge in [0, 0.05) is 29.0 Å². The molecule has 27 heavy (non-hydrogen) atoms. The lowest BCUT2D eigenvalue weighted by molar-refractivity contribution is -0.117. The first kappa shape index (κ1) is 19.7. The van der Waals surface area contributed by atoms with E-state index < -0.39 is 5.97 Å². The fourth-order valence-electron chi connectivity index (χ4n) is 3.95. The van der Waals surface area contributed by atoms with Gasteiger partial charge in [0.2, 0.25) is 5.91 Å². The third-order valence-corrected chi connectivity index (χ3v) is 5.05. The van der Waals surface area contributed by atoms with E-state index in [-0.39, 0.29) is 18.2 Å². The van der Waals surface area contributed by atoms with Crippen LogP contribution in [0.5, 0.6) is 0 Å². The molecule has 2 heterocycles. The number of benzene rings is 1. The first-order valence-electron chi connectivity index (χ1n) is 9.38. The van der Waals surface area contributed by atoms with E-state index in [1.165, 1.54) is 6.42 Å². The lowest BCUT2D eigenvalue weighted by Gasteiger charge is -2.34. The van der Waals surface area contributed by atoms with E-state index in [9.17, 15) is 9.59 Å². The predicted molar refractivity (Wildman–Crippen MR) is 107 cm³/mol. The lowest BCUT2D eigenvalue weighted by Crippen LogP contribution is -2.42. The molecule has 1 aromatic carbocycles. The number of carbonyl (C=O) groups excluding carboxylic acids is 2. The molecule has 1 amide bonds. The Labute approximate surface area is 164 Å². The maximum absolute atomic E-state index is 12.7. The Hall–Kier alpha value is -2.05. The fourth-order valence-corrected chi connectivity index (χ4v) is 4.13. The molecule has 7 heteroatoms. The Morgan fingerprint density at radius 1 is 1.30 bits per heavy atom. The monoisotopic (exact) mass is 391 g/mol. The molecule has 2 atom stereocenters. The normalized spacial score (nSPS) is 20.6. The van der Waals surface area contributed by atoms with Crippen molar-refractivity contribution in [1.29, 1.82) is 0 Å². The number of piperidine rings is 1. The summed E-state index contributed by atoms with van der Waals surface area (Å²) < 4.78 is 5.12. The van der Waals surface area contributed by atoms with Crippen molar-refractivity contribution in [2.75, 3.05) is 31.6 Å². The van der Waals surface area contributed by atoms with Gasteiger partial charge in [-0.3, -0.25) is 9.69 Å². The fraction of sp³-hybridized carbons (Fsp3) is 0.500. The number of halogens is 1. The first-order valence-corrected chi connectivity index (χ1v) is 9.75. The molecule has 146 valence electrons. The van der Waals surface area contributed by atoms with Gasteiger partial charge in [-0.15, -0.1) is 0 Å². The topological polar surface area (TPSA) is 74.4 Å². The smallest absolute Gasteiger partial charge is 0.356 e. The zero-order chi connectivity index (χ0) is 19.6. The molecule has 3 rings (SSSR count). The van der Waals surface area contributed by atoms with E-state index in [0.717, 1.165) is 18.6 Å². The molecule has 1 saturated heterocycles. The summed E-state index contributed by atoms with van der Waals surface area (Å²) in [5.74, 6) is 0.496. The maximum atomic E-state index is 12.7. The Morgan fingerprint density at radius 2 is 2.00 bits per heavy atom. The highest BCUT2D eigenvalue weighted by molar-refractivity contribution is 6.31. The molecule has 0 unspecified atom stereocenters. The number of carbonyl (C=O) groups is 2. The van der Waals surface area contributed by atoms with Gasteiger partial charge >= 0.3 is 5.97 Å². The van der Waals surface area contributed by atoms with Crippen molar-refractivity contribution >= 4 is 40.1 Å². The summed E-state index contributed by atoms with van der Waals surface area (Å²) in [6, 6.07) is 5.25. The second-order valence-electron chi connectivity index (χ2n) is 7.47. The maximum Gasteiger partial charge on any atom is 0.356 e. The number of esters is 1. The summed E-state index contributed by atoms with van der Waals surface area (Å²) in [7, 11) is 0. The zero-order valence-corrected chi connectivity index (χ0v) is 16.7. The summed E-state index contributed by atoms with van der Waals surface area (Å²) in [5, 5.41) is 4.13. The van der Waals surface area contributed by atoms with Crippen LogP contribution in [0.2, 0.25) is 5.02 Å². The minimum atomic E-state index is -0.500. The van der Waals surface area contributed by atoms with Crippen molar-refractivity contribution in [2.45, 2.75) is 27.2 Å². The second-order valence-corrected chi connectivity index (χ2v) is 7.91. The molecule has 1 aliphatic heterocycles. The highest BCUT2D eigenvalue weighted by atomic mass is 35.5. The van der Waals surface area contributed by atoms with Gasteiger partial charge in [0.25, 0.3) is 0 Å². The molecular weight excluding hydrogens is 366 g/mol. The first-order chi connectivity index (χ1) is 12.9. The molecule has 0 radical (unpaired) electrons. The SMILES string of the molecule is CCOC(=O)c1[nH]c2ccc(Cl)cc2c1NC(=O)CN1C[C@H](C)C[C@H](C)C1. The number of hydrogen-bond donors (Lipinski definition) is 2. The van der Waals surface area contributed by atoms with Gasteiger partial charge in [0.1, 0.15) is 5.69 Å². The third-order valence-electron chi connectivity index (χ3n) is 4.82.